The van der Waals surface area contributed by atoms with Gasteiger partial charge in [-0.3, -0.25) is 5.43 Å². The molecule has 0 saturated heterocycles. The summed E-state index contributed by atoms with van der Waals surface area (Å²) in [6, 6.07) is 17.7. The van der Waals surface area contributed by atoms with E-state index in [9.17, 15) is 0 Å². The highest BCUT2D eigenvalue weighted by Crippen LogP contribution is 2.15. The molecule has 0 bridgehead atoms. The van der Waals surface area contributed by atoms with Gasteiger partial charge in [0.2, 0.25) is 0 Å². The minimum absolute atomic E-state index is 0.702. The molecule has 0 aliphatic rings. The summed E-state index contributed by atoms with van der Waals surface area (Å²) < 4.78 is 0. The molecule has 1 N–H and O–H groups in total. The molecule has 0 amide bonds. The minimum atomic E-state index is 0.702. The van der Waals surface area contributed by atoms with E-state index in [1.807, 2.05) is 42.5 Å². The Labute approximate surface area is 112 Å². The Kier molecular flexibility index (Phi) is 4.37. The third-order valence-electron chi connectivity index (χ3n) is 2.59. The summed E-state index contributed by atoms with van der Waals surface area (Å²) in [6.45, 7) is 2.09. The molecule has 0 aliphatic heterocycles. The van der Waals surface area contributed by atoms with Crippen molar-refractivity contribution in [2.24, 2.45) is 5.10 Å². The lowest BCUT2D eigenvalue weighted by Gasteiger charge is -2.06. The van der Waals surface area contributed by atoms with E-state index in [1.54, 1.807) is 0 Å². The average molecular weight is 259 g/mol. The van der Waals surface area contributed by atoms with Crippen LogP contribution in [0, 0.1) is 0 Å². The molecular formula is C15H15ClN2. The predicted molar refractivity (Wildman–Crippen MR) is 78.3 cm³/mol. The Hall–Kier alpha value is -1.80. The second kappa shape index (κ2) is 6.22. The first-order valence-corrected chi connectivity index (χ1v) is 6.31. The van der Waals surface area contributed by atoms with Crippen molar-refractivity contribution in [1.29, 1.82) is 0 Å². The van der Waals surface area contributed by atoms with E-state index in [1.165, 1.54) is 0 Å². The van der Waals surface area contributed by atoms with Gasteiger partial charge in [-0.15, -0.1) is 0 Å². The molecule has 2 nitrogen and oxygen atoms in total. The second-order valence-corrected chi connectivity index (χ2v) is 4.34. The van der Waals surface area contributed by atoms with Crippen molar-refractivity contribution in [3.8, 4) is 0 Å². The minimum Gasteiger partial charge on any atom is -0.278 e. The molecule has 0 spiro atoms. The standard InChI is InChI=1S/C15H15ClN2/c1-2-15(12-7-4-3-5-8-12)18-17-14-10-6-9-13(16)11-14/h3-11,17H,2H2,1H3/b18-15-. The molecule has 18 heavy (non-hydrogen) atoms. The highest BCUT2D eigenvalue weighted by Gasteiger charge is 2.00. The highest BCUT2D eigenvalue weighted by atomic mass is 35.5. The van der Waals surface area contributed by atoms with Crippen LogP contribution >= 0.6 is 11.6 Å². The molecule has 0 saturated carbocycles. The number of anilines is 1. The Morgan fingerprint density at radius 3 is 2.56 bits per heavy atom. The molecule has 0 aliphatic carbocycles. The maximum Gasteiger partial charge on any atom is 0.0676 e. The molecule has 92 valence electrons. The van der Waals surface area contributed by atoms with E-state index >= 15 is 0 Å². The lowest BCUT2D eigenvalue weighted by atomic mass is 10.1. The molecule has 0 fully saturated rings. The fourth-order valence-electron chi connectivity index (χ4n) is 1.67. The molecule has 0 atom stereocenters. The predicted octanol–water partition coefficient (Wildman–Crippen LogP) is 4.57. The van der Waals surface area contributed by atoms with Crippen LogP contribution in [0.25, 0.3) is 0 Å². The van der Waals surface area contributed by atoms with Crippen molar-refractivity contribution in [3.63, 3.8) is 0 Å². The van der Waals surface area contributed by atoms with Crippen LogP contribution in [0.5, 0.6) is 0 Å². The van der Waals surface area contributed by atoms with Gasteiger partial charge < -0.3 is 0 Å². The molecular weight excluding hydrogens is 244 g/mol. The maximum atomic E-state index is 5.92. The van der Waals surface area contributed by atoms with Gasteiger partial charge in [-0.2, -0.15) is 5.10 Å². The Balaban J connectivity index is 2.16. The van der Waals surface area contributed by atoms with Crippen molar-refractivity contribution in [2.45, 2.75) is 13.3 Å². The number of rotatable bonds is 4. The molecule has 0 radical (unpaired) electrons. The fraction of sp³-hybridized carbons (Fsp3) is 0.133. The van der Waals surface area contributed by atoms with E-state index in [0.29, 0.717) is 5.02 Å². The summed E-state index contributed by atoms with van der Waals surface area (Å²) in [5.74, 6) is 0. The molecule has 0 aromatic heterocycles. The number of nitrogens with one attached hydrogen (secondary N) is 1. The second-order valence-electron chi connectivity index (χ2n) is 3.90. The van der Waals surface area contributed by atoms with Crippen LogP contribution in [0.3, 0.4) is 0 Å². The van der Waals surface area contributed by atoms with Gasteiger partial charge in [0.15, 0.2) is 0 Å². The molecule has 2 aromatic carbocycles. The van der Waals surface area contributed by atoms with Gasteiger partial charge >= 0.3 is 0 Å². The number of hydrazone groups is 1. The van der Waals surface area contributed by atoms with Crippen molar-refractivity contribution in [1.82, 2.24) is 0 Å². The zero-order valence-electron chi connectivity index (χ0n) is 10.2. The maximum absolute atomic E-state index is 5.92. The van der Waals surface area contributed by atoms with E-state index in [4.69, 9.17) is 11.6 Å². The molecule has 0 unspecified atom stereocenters. The summed E-state index contributed by atoms with van der Waals surface area (Å²) in [5, 5.41) is 5.13. The molecule has 2 rings (SSSR count). The Morgan fingerprint density at radius 1 is 1.11 bits per heavy atom. The first kappa shape index (κ1) is 12.7. The fourth-order valence-corrected chi connectivity index (χ4v) is 1.86. The molecule has 0 heterocycles. The van der Waals surface area contributed by atoms with Crippen molar-refractivity contribution >= 4 is 23.0 Å². The largest absolute Gasteiger partial charge is 0.278 e. The van der Waals surface area contributed by atoms with Crippen molar-refractivity contribution in [3.05, 3.63) is 65.2 Å². The summed E-state index contributed by atoms with van der Waals surface area (Å²) in [7, 11) is 0. The zero-order valence-corrected chi connectivity index (χ0v) is 11.0. The average Bonchev–Trinajstić information content (AvgIpc) is 2.41. The van der Waals surface area contributed by atoms with E-state index in [2.05, 4.69) is 29.6 Å². The van der Waals surface area contributed by atoms with E-state index < -0.39 is 0 Å². The number of hydrogen-bond acceptors (Lipinski definition) is 2. The third kappa shape index (κ3) is 3.34. The number of hydrogen-bond donors (Lipinski definition) is 1. The Morgan fingerprint density at radius 2 is 1.89 bits per heavy atom. The highest BCUT2D eigenvalue weighted by molar-refractivity contribution is 6.30. The monoisotopic (exact) mass is 258 g/mol. The molecule has 3 heteroatoms. The van der Waals surface area contributed by atoms with Gasteiger partial charge in [-0.1, -0.05) is 54.9 Å². The zero-order chi connectivity index (χ0) is 12.8. The van der Waals surface area contributed by atoms with Gasteiger partial charge in [-0.25, -0.2) is 0 Å². The number of nitrogens with zero attached hydrogens (tertiary/aromatic N) is 1. The third-order valence-corrected chi connectivity index (χ3v) is 2.82. The molecule has 2 aromatic rings. The lowest BCUT2D eigenvalue weighted by molar-refractivity contribution is 1.22. The van der Waals surface area contributed by atoms with Gasteiger partial charge in [0.25, 0.3) is 0 Å². The van der Waals surface area contributed by atoms with Crippen LogP contribution in [0.1, 0.15) is 18.9 Å². The Bertz CT molecular complexity index is 535. The smallest absolute Gasteiger partial charge is 0.0676 e. The number of halogens is 1. The van der Waals surface area contributed by atoms with Gasteiger partial charge in [-0.05, 0) is 30.2 Å². The van der Waals surface area contributed by atoms with Crippen molar-refractivity contribution in [2.75, 3.05) is 5.43 Å². The quantitative estimate of drug-likeness (QED) is 0.631. The van der Waals surface area contributed by atoms with Gasteiger partial charge in [0.1, 0.15) is 0 Å². The summed E-state index contributed by atoms with van der Waals surface area (Å²) in [5.41, 5.74) is 6.09. The van der Waals surface area contributed by atoms with Crippen LogP contribution in [-0.4, -0.2) is 5.71 Å². The first-order chi connectivity index (χ1) is 8.79. The topological polar surface area (TPSA) is 24.4 Å². The van der Waals surface area contributed by atoms with Crippen LogP contribution in [0.15, 0.2) is 59.7 Å². The SMILES string of the molecule is CC/C(=N/Nc1cccc(Cl)c1)c1ccccc1. The van der Waals surface area contributed by atoms with Crippen LogP contribution in [-0.2, 0) is 0 Å². The summed E-state index contributed by atoms with van der Waals surface area (Å²) in [4.78, 5) is 0. The number of benzene rings is 2. The van der Waals surface area contributed by atoms with Crippen LogP contribution in [0.2, 0.25) is 5.02 Å². The van der Waals surface area contributed by atoms with Gasteiger partial charge in [0.05, 0.1) is 11.4 Å². The summed E-state index contributed by atoms with van der Waals surface area (Å²) >= 11 is 5.92. The normalized spacial score (nSPS) is 11.3. The first-order valence-electron chi connectivity index (χ1n) is 5.93. The lowest BCUT2D eigenvalue weighted by Crippen LogP contribution is -2.02. The van der Waals surface area contributed by atoms with E-state index in [-0.39, 0.29) is 0 Å². The van der Waals surface area contributed by atoms with Gasteiger partial charge in [0, 0.05) is 5.02 Å². The van der Waals surface area contributed by atoms with Crippen LogP contribution < -0.4 is 5.43 Å². The van der Waals surface area contributed by atoms with Crippen LogP contribution in [0.4, 0.5) is 5.69 Å². The summed E-state index contributed by atoms with van der Waals surface area (Å²) in [6.07, 6.45) is 0.873. The van der Waals surface area contributed by atoms with Crippen molar-refractivity contribution < 1.29 is 0 Å². The van der Waals surface area contributed by atoms with E-state index in [0.717, 1.165) is 23.4 Å².